The minimum Gasteiger partial charge on any atom is -0.335 e. The zero-order valence-corrected chi connectivity index (χ0v) is 20.4. The van der Waals surface area contributed by atoms with Gasteiger partial charge in [-0.2, -0.15) is 5.26 Å². The van der Waals surface area contributed by atoms with Crippen molar-refractivity contribution in [1.29, 1.82) is 5.26 Å². The number of urea groups is 1. The fourth-order valence-electron chi connectivity index (χ4n) is 8.45. The molecule has 3 saturated carbocycles. The maximum absolute atomic E-state index is 14.0. The molecule has 1 heterocycles. The van der Waals surface area contributed by atoms with Crippen LogP contribution in [-0.4, -0.2) is 28.4 Å². The van der Waals surface area contributed by atoms with Crippen LogP contribution >= 0.6 is 0 Å². The van der Waals surface area contributed by atoms with Gasteiger partial charge in [0.1, 0.15) is 0 Å². The Hall–Kier alpha value is -3.65. The maximum Gasteiger partial charge on any atom is 0.325 e. The van der Waals surface area contributed by atoms with Crippen molar-refractivity contribution in [2.75, 3.05) is 0 Å². The number of nitrogens with one attached hydrogen (secondary N) is 1. The monoisotopic (exact) mass is 475 g/mol. The topological polar surface area (TPSA) is 73.2 Å². The summed E-state index contributed by atoms with van der Waals surface area (Å²) < 4.78 is 0. The van der Waals surface area contributed by atoms with Gasteiger partial charge < -0.3 is 5.32 Å². The summed E-state index contributed by atoms with van der Waals surface area (Å²) in [4.78, 5) is 29.4. The average Bonchev–Trinajstić information content (AvgIpc) is 3.18. The lowest BCUT2D eigenvalue weighted by atomic mass is 9.62. The minimum atomic E-state index is -0.754. The van der Waals surface area contributed by atoms with Gasteiger partial charge in [0.2, 0.25) is 0 Å². The molecular weight excluding hydrogens is 446 g/mol. The molecule has 0 bridgehead atoms. The normalized spacial score (nSPS) is 31.6. The van der Waals surface area contributed by atoms with E-state index in [0.717, 1.165) is 42.4 Å². The summed E-state index contributed by atoms with van der Waals surface area (Å²) in [5.41, 5.74) is 3.27. The minimum absolute atomic E-state index is 0.00461. The Morgan fingerprint density at radius 1 is 1.00 bits per heavy atom. The Labute approximate surface area is 211 Å². The van der Waals surface area contributed by atoms with Gasteiger partial charge in [-0.3, -0.25) is 4.79 Å². The van der Waals surface area contributed by atoms with Crippen molar-refractivity contribution in [1.82, 2.24) is 10.2 Å². The molecule has 5 aliphatic rings. The van der Waals surface area contributed by atoms with Gasteiger partial charge in [-0.25, -0.2) is 9.69 Å². The quantitative estimate of drug-likeness (QED) is 0.659. The molecule has 2 unspecified atom stereocenters. The van der Waals surface area contributed by atoms with E-state index in [1.165, 1.54) is 11.3 Å². The second kappa shape index (κ2) is 7.43. The maximum atomic E-state index is 14.0. The molecule has 0 radical (unpaired) electrons. The van der Waals surface area contributed by atoms with E-state index < -0.39 is 11.0 Å². The SMILES string of the molecule is CC1=C2C(c3ccccc3)(c3ccccc3)[C@@H]3C=C(C#N)C4[C@@H]3C24N(C(=O)NC2CCCCC2)C1=O. The van der Waals surface area contributed by atoms with Crippen LogP contribution in [0.1, 0.15) is 50.2 Å². The van der Waals surface area contributed by atoms with Crippen molar-refractivity contribution in [3.8, 4) is 6.07 Å². The standard InChI is InChI=1S/C31H29N3O2/c1-19-27-30(21-11-5-2-6-12-21,22-13-7-3-8-14-22)24-17-20(18-32)25-26(24)31(25,27)34(28(19)35)29(36)33-23-15-9-4-10-16-23/h2-3,5-8,11-14,17,23-26H,4,9-10,15-16H2,1H3,(H,33,36)/t24-,25?,26-,31?/m1/s1. The van der Waals surface area contributed by atoms with E-state index in [9.17, 15) is 14.9 Å². The second-order valence-corrected chi connectivity index (χ2v) is 11.1. The third-order valence-electron chi connectivity index (χ3n) is 9.60. The highest BCUT2D eigenvalue weighted by molar-refractivity contribution is 6.11. The van der Waals surface area contributed by atoms with Crippen LogP contribution in [0.2, 0.25) is 0 Å². The second-order valence-electron chi connectivity index (χ2n) is 11.1. The van der Waals surface area contributed by atoms with Crippen molar-refractivity contribution < 1.29 is 9.59 Å². The molecule has 1 N–H and O–H groups in total. The smallest absolute Gasteiger partial charge is 0.325 e. The molecule has 2 aromatic carbocycles. The Bertz CT molecular complexity index is 1340. The predicted octanol–water partition coefficient (Wildman–Crippen LogP) is 5.25. The van der Waals surface area contributed by atoms with Gasteiger partial charge in [0, 0.05) is 34.9 Å². The molecule has 3 fully saturated rings. The van der Waals surface area contributed by atoms with Gasteiger partial charge in [0.15, 0.2) is 0 Å². The zero-order valence-electron chi connectivity index (χ0n) is 20.4. The van der Waals surface area contributed by atoms with E-state index >= 15 is 0 Å². The molecule has 3 amide bonds. The van der Waals surface area contributed by atoms with E-state index in [2.05, 4.69) is 41.7 Å². The number of hydrogen-bond acceptors (Lipinski definition) is 3. The van der Waals surface area contributed by atoms with Gasteiger partial charge in [0.05, 0.1) is 17.0 Å². The van der Waals surface area contributed by atoms with Crippen LogP contribution in [0, 0.1) is 29.1 Å². The van der Waals surface area contributed by atoms with Gasteiger partial charge >= 0.3 is 6.03 Å². The summed E-state index contributed by atoms with van der Waals surface area (Å²) in [5, 5.41) is 13.3. The Morgan fingerprint density at radius 2 is 1.61 bits per heavy atom. The number of carbonyl (C=O) groups excluding carboxylic acids is 2. The van der Waals surface area contributed by atoms with Crippen molar-refractivity contribution in [3.05, 3.63) is 94.6 Å². The Kier molecular flexibility index (Phi) is 4.46. The van der Waals surface area contributed by atoms with Gasteiger partial charge in [-0.05, 0) is 36.5 Å². The molecule has 4 aliphatic carbocycles. The van der Waals surface area contributed by atoms with Crippen molar-refractivity contribution in [2.45, 2.75) is 56.0 Å². The number of allylic oxidation sites excluding steroid dienone is 1. The van der Waals surface area contributed by atoms with E-state index in [-0.39, 0.29) is 35.7 Å². The molecule has 5 heteroatoms. The molecule has 7 rings (SSSR count). The van der Waals surface area contributed by atoms with Crippen molar-refractivity contribution in [2.24, 2.45) is 17.8 Å². The first-order chi connectivity index (χ1) is 17.6. The number of benzene rings is 2. The number of nitrogens with zero attached hydrogens (tertiary/aromatic N) is 2. The highest BCUT2D eigenvalue weighted by Gasteiger charge is 2.88. The molecule has 2 aromatic rings. The zero-order chi connectivity index (χ0) is 24.7. The van der Waals surface area contributed by atoms with Crippen LogP contribution in [0.3, 0.4) is 0 Å². The van der Waals surface area contributed by atoms with Gasteiger partial charge in [-0.1, -0.05) is 86.0 Å². The first kappa shape index (κ1) is 21.6. The highest BCUT2D eigenvalue weighted by atomic mass is 16.2. The predicted molar refractivity (Wildman–Crippen MR) is 136 cm³/mol. The fraction of sp³-hybridized carbons (Fsp3) is 0.387. The Balaban J connectivity index is 1.44. The highest BCUT2D eigenvalue weighted by Crippen LogP contribution is 2.83. The molecule has 4 atom stereocenters. The molecule has 180 valence electrons. The van der Waals surface area contributed by atoms with E-state index in [4.69, 9.17) is 0 Å². The first-order valence-electron chi connectivity index (χ1n) is 13.2. The van der Waals surface area contributed by atoms with Crippen LogP contribution in [-0.2, 0) is 10.2 Å². The number of amides is 3. The number of carbonyl (C=O) groups is 2. The summed E-state index contributed by atoms with van der Waals surface area (Å²) in [6.45, 7) is 1.89. The van der Waals surface area contributed by atoms with Crippen LogP contribution in [0.25, 0.3) is 0 Å². The van der Waals surface area contributed by atoms with Crippen LogP contribution < -0.4 is 5.32 Å². The third kappa shape index (κ3) is 2.40. The molecular formula is C31H29N3O2. The largest absolute Gasteiger partial charge is 0.335 e. The van der Waals surface area contributed by atoms with Gasteiger partial charge in [-0.15, -0.1) is 0 Å². The fourth-order valence-corrected chi connectivity index (χ4v) is 8.45. The lowest BCUT2D eigenvalue weighted by molar-refractivity contribution is -0.124. The first-order valence-corrected chi connectivity index (χ1v) is 13.2. The van der Waals surface area contributed by atoms with Crippen LogP contribution in [0.15, 0.2) is 83.5 Å². The van der Waals surface area contributed by atoms with Crippen molar-refractivity contribution >= 4 is 11.9 Å². The summed E-state index contributed by atoms with van der Waals surface area (Å²) >= 11 is 0. The summed E-state index contributed by atoms with van der Waals surface area (Å²) in [6, 6.07) is 23.0. The van der Waals surface area contributed by atoms with Gasteiger partial charge in [0.25, 0.3) is 5.91 Å². The lowest BCUT2D eigenvalue weighted by Crippen LogP contribution is -2.52. The number of imide groups is 1. The van der Waals surface area contributed by atoms with E-state index in [1.807, 2.05) is 43.3 Å². The van der Waals surface area contributed by atoms with Crippen LogP contribution in [0.4, 0.5) is 4.79 Å². The van der Waals surface area contributed by atoms with E-state index in [1.54, 1.807) is 0 Å². The number of rotatable bonds is 3. The Morgan fingerprint density at radius 3 is 2.19 bits per heavy atom. The molecule has 0 aromatic heterocycles. The number of hydrogen-bond donors (Lipinski definition) is 1. The van der Waals surface area contributed by atoms with Crippen LogP contribution in [0.5, 0.6) is 0 Å². The summed E-state index contributed by atoms with van der Waals surface area (Å²) in [6.07, 6.45) is 7.45. The van der Waals surface area contributed by atoms with Crippen molar-refractivity contribution in [3.63, 3.8) is 0 Å². The molecule has 5 nitrogen and oxygen atoms in total. The van der Waals surface area contributed by atoms with E-state index in [0.29, 0.717) is 11.1 Å². The summed E-state index contributed by atoms with van der Waals surface area (Å²) in [5.74, 6) is -0.285. The third-order valence-corrected chi connectivity index (χ3v) is 9.60. The molecule has 1 aliphatic heterocycles. The molecule has 36 heavy (non-hydrogen) atoms. The average molecular weight is 476 g/mol. The summed E-state index contributed by atoms with van der Waals surface area (Å²) in [7, 11) is 0. The lowest BCUT2D eigenvalue weighted by Gasteiger charge is -2.39. The number of nitriles is 1. The molecule has 1 spiro atoms. The molecule has 0 saturated heterocycles.